The molecule has 0 aliphatic rings. The van der Waals surface area contributed by atoms with E-state index < -0.39 is 17.3 Å². The molecule has 98 valence electrons. The predicted molar refractivity (Wildman–Crippen MR) is 62.5 cm³/mol. The van der Waals surface area contributed by atoms with Gasteiger partial charge in [0.2, 0.25) is 0 Å². The van der Waals surface area contributed by atoms with Gasteiger partial charge in [-0.3, -0.25) is 14.8 Å². The first-order chi connectivity index (χ1) is 8.34. The van der Waals surface area contributed by atoms with E-state index in [2.05, 4.69) is 0 Å². The molecule has 0 aromatic heterocycles. The predicted octanol–water partition coefficient (Wildman–Crippen LogP) is 0.524. The monoisotopic (exact) mass is 253 g/mol. The first-order valence-electron chi connectivity index (χ1n) is 5.27. The number of rotatable bonds is 5. The molecule has 0 heterocycles. The van der Waals surface area contributed by atoms with Gasteiger partial charge in [0.25, 0.3) is 5.91 Å². The van der Waals surface area contributed by atoms with Gasteiger partial charge in [0.05, 0.1) is 0 Å². The van der Waals surface area contributed by atoms with Crippen molar-refractivity contribution in [2.24, 2.45) is 0 Å². The van der Waals surface area contributed by atoms with Gasteiger partial charge in [0.1, 0.15) is 11.4 Å². The van der Waals surface area contributed by atoms with E-state index in [0.29, 0.717) is 11.3 Å². The molecule has 0 unspecified atom stereocenters. The third kappa shape index (κ3) is 3.83. The van der Waals surface area contributed by atoms with Crippen molar-refractivity contribution < 1.29 is 24.6 Å². The van der Waals surface area contributed by atoms with Crippen LogP contribution in [-0.2, 0) is 4.79 Å². The summed E-state index contributed by atoms with van der Waals surface area (Å²) >= 11 is 0. The smallest absolute Gasteiger partial charge is 0.281 e. The van der Waals surface area contributed by atoms with Crippen molar-refractivity contribution in [3.8, 4) is 5.75 Å². The first kappa shape index (κ1) is 14.1. The van der Waals surface area contributed by atoms with E-state index in [4.69, 9.17) is 9.94 Å². The maximum absolute atomic E-state index is 11.7. The number of hydrogen-bond donors (Lipinski definition) is 3. The molecule has 1 rings (SSSR count). The molecular weight excluding hydrogens is 238 g/mol. The van der Waals surface area contributed by atoms with Crippen molar-refractivity contribution in [1.82, 2.24) is 5.48 Å². The zero-order chi connectivity index (χ0) is 13.8. The molecule has 0 aliphatic carbocycles. The lowest BCUT2D eigenvalue weighted by atomic mass is 9.97. The number of hydroxylamine groups is 1. The van der Waals surface area contributed by atoms with E-state index in [0.717, 1.165) is 0 Å². The summed E-state index contributed by atoms with van der Waals surface area (Å²) in [5, 5.41) is 17.8. The molecule has 0 radical (unpaired) electrons. The minimum absolute atomic E-state index is 0.324. The number of amides is 1. The molecule has 0 saturated heterocycles. The summed E-state index contributed by atoms with van der Waals surface area (Å²) in [4.78, 5) is 22.4. The fourth-order valence-corrected chi connectivity index (χ4v) is 1.24. The number of ether oxygens (including phenoxy) is 1. The molecule has 1 aromatic carbocycles. The standard InChI is InChI=1S/C12H15NO5/c1-12(2,16)11(15)8-3-5-9(6-4-8)18-7-10(14)13-17/h3-6,16-17H,7H2,1-2H3,(H,13,14). The van der Waals surface area contributed by atoms with Crippen LogP contribution in [0.5, 0.6) is 5.75 Å². The molecule has 6 nitrogen and oxygen atoms in total. The summed E-state index contributed by atoms with van der Waals surface area (Å²) in [6.07, 6.45) is 0. The highest BCUT2D eigenvalue weighted by Gasteiger charge is 2.24. The van der Waals surface area contributed by atoms with Gasteiger partial charge >= 0.3 is 0 Å². The van der Waals surface area contributed by atoms with E-state index in [1.54, 1.807) is 0 Å². The van der Waals surface area contributed by atoms with Gasteiger partial charge in [-0.1, -0.05) is 0 Å². The highest BCUT2D eigenvalue weighted by atomic mass is 16.5. The second-order valence-electron chi connectivity index (χ2n) is 4.24. The fourth-order valence-electron chi connectivity index (χ4n) is 1.24. The number of ketones is 1. The van der Waals surface area contributed by atoms with Crippen molar-refractivity contribution in [2.45, 2.75) is 19.4 Å². The number of nitrogens with one attached hydrogen (secondary N) is 1. The molecule has 0 bridgehead atoms. The van der Waals surface area contributed by atoms with Crippen molar-refractivity contribution in [2.75, 3.05) is 6.61 Å². The average molecular weight is 253 g/mol. The van der Waals surface area contributed by atoms with Crippen LogP contribution in [-0.4, -0.2) is 34.2 Å². The van der Waals surface area contributed by atoms with Crippen LogP contribution in [0.25, 0.3) is 0 Å². The lowest BCUT2D eigenvalue weighted by Gasteiger charge is -2.15. The van der Waals surface area contributed by atoms with E-state index in [9.17, 15) is 14.7 Å². The maximum atomic E-state index is 11.7. The highest BCUT2D eigenvalue weighted by molar-refractivity contribution is 6.01. The highest BCUT2D eigenvalue weighted by Crippen LogP contribution is 2.16. The van der Waals surface area contributed by atoms with Crippen LogP contribution in [0.1, 0.15) is 24.2 Å². The number of hydrogen-bond acceptors (Lipinski definition) is 5. The van der Waals surface area contributed by atoms with Gasteiger partial charge < -0.3 is 9.84 Å². The molecular formula is C12H15NO5. The van der Waals surface area contributed by atoms with Gasteiger partial charge in [-0.15, -0.1) is 0 Å². The van der Waals surface area contributed by atoms with Crippen LogP contribution in [0.4, 0.5) is 0 Å². The summed E-state index contributed by atoms with van der Waals surface area (Å²) in [5.41, 5.74) is 0.351. The third-order valence-corrected chi connectivity index (χ3v) is 2.17. The van der Waals surface area contributed by atoms with Crippen molar-refractivity contribution in [3.05, 3.63) is 29.8 Å². The second kappa shape index (κ2) is 5.61. The van der Waals surface area contributed by atoms with Crippen LogP contribution < -0.4 is 10.2 Å². The van der Waals surface area contributed by atoms with Crippen LogP contribution in [0, 0.1) is 0 Å². The molecule has 0 fully saturated rings. The zero-order valence-corrected chi connectivity index (χ0v) is 10.1. The van der Waals surface area contributed by atoms with Gasteiger partial charge in [-0.25, -0.2) is 5.48 Å². The Morgan fingerprint density at radius 1 is 1.28 bits per heavy atom. The molecule has 0 aliphatic heterocycles. The number of benzene rings is 1. The largest absolute Gasteiger partial charge is 0.484 e. The Hall–Kier alpha value is -1.92. The summed E-state index contributed by atoms with van der Waals surface area (Å²) in [7, 11) is 0. The quantitative estimate of drug-likeness (QED) is 0.404. The Bertz CT molecular complexity index is 433. The van der Waals surface area contributed by atoms with Crippen LogP contribution in [0.15, 0.2) is 24.3 Å². The minimum Gasteiger partial charge on any atom is -0.484 e. The molecule has 0 saturated carbocycles. The Kier molecular flexibility index (Phi) is 4.41. The SMILES string of the molecule is CC(C)(O)C(=O)c1ccc(OCC(=O)NO)cc1. The molecule has 1 amide bonds. The molecule has 0 spiro atoms. The van der Waals surface area contributed by atoms with Crippen LogP contribution >= 0.6 is 0 Å². The molecule has 1 aromatic rings. The lowest BCUT2D eigenvalue weighted by molar-refractivity contribution is -0.131. The number of Topliss-reactive ketones (excluding diaryl/α,β-unsaturated/α-hetero) is 1. The number of aliphatic hydroxyl groups is 1. The Labute approximate surface area is 104 Å². The number of carbonyl (C=O) groups is 2. The summed E-state index contributed by atoms with van der Waals surface area (Å²) in [5.74, 6) is -0.695. The molecule has 3 N–H and O–H groups in total. The zero-order valence-electron chi connectivity index (χ0n) is 10.1. The van der Waals surface area contributed by atoms with Crippen LogP contribution in [0.2, 0.25) is 0 Å². The Balaban J connectivity index is 2.69. The normalized spacial score (nSPS) is 10.9. The van der Waals surface area contributed by atoms with E-state index >= 15 is 0 Å². The first-order valence-corrected chi connectivity index (χ1v) is 5.27. The van der Waals surface area contributed by atoms with Crippen molar-refractivity contribution >= 4 is 11.7 Å². The molecule has 18 heavy (non-hydrogen) atoms. The summed E-state index contributed by atoms with van der Waals surface area (Å²) in [6, 6.07) is 5.99. The van der Waals surface area contributed by atoms with Crippen molar-refractivity contribution in [3.63, 3.8) is 0 Å². The second-order valence-corrected chi connectivity index (χ2v) is 4.24. The molecule has 0 atom stereocenters. The summed E-state index contributed by atoms with van der Waals surface area (Å²) in [6.45, 7) is 2.49. The topological polar surface area (TPSA) is 95.9 Å². The van der Waals surface area contributed by atoms with E-state index in [1.807, 2.05) is 0 Å². The average Bonchev–Trinajstić information content (AvgIpc) is 2.34. The third-order valence-electron chi connectivity index (χ3n) is 2.17. The van der Waals surface area contributed by atoms with Crippen molar-refractivity contribution in [1.29, 1.82) is 0 Å². The fraction of sp³-hybridized carbons (Fsp3) is 0.333. The Morgan fingerprint density at radius 2 is 1.83 bits per heavy atom. The van der Waals surface area contributed by atoms with Gasteiger partial charge in [-0.05, 0) is 38.1 Å². The maximum Gasteiger partial charge on any atom is 0.281 e. The molecule has 6 heteroatoms. The van der Waals surface area contributed by atoms with Gasteiger partial charge in [-0.2, -0.15) is 0 Å². The summed E-state index contributed by atoms with van der Waals surface area (Å²) < 4.78 is 5.03. The van der Waals surface area contributed by atoms with Gasteiger partial charge in [0.15, 0.2) is 12.4 Å². The minimum atomic E-state index is -1.43. The Morgan fingerprint density at radius 3 is 2.28 bits per heavy atom. The van der Waals surface area contributed by atoms with Gasteiger partial charge in [0, 0.05) is 5.56 Å². The van der Waals surface area contributed by atoms with E-state index in [-0.39, 0.29) is 6.61 Å². The van der Waals surface area contributed by atoms with E-state index in [1.165, 1.54) is 43.6 Å². The number of carbonyl (C=O) groups excluding carboxylic acids is 2. The van der Waals surface area contributed by atoms with Crippen LogP contribution in [0.3, 0.4) is 0 Å². The lowest BCUT2D eigenvalue weighted by Crippen LogP contribution is -2.31.